The van der Waals surface area contributed by atoms with Crippen molar-refractivity contribution in [3.8, 4) is 28.6 Å². The van der Waals surface area contributed by atoms with E-state index in [-0.39, 0.29) is 23.2 Å². The van der Waals surface area contributed by atoms with Gasteiger partial charge < -0.3 is 29.8 Å². The van der Waals surface area contributed by atoms with Gasteiger partial charge in [-0.1, -0.05) is 60.7 Å². The summed E-state index contributed by atoms with van der Waals surface area (Å²) in [5.41, 5.74) is 0.525. The number of phenolic OH excluding ortho intramolecular Hbond substituents is 2. The molecule has 0 aliphatic carbocycles. The van der Waals surface area contributed by atoms with E-state index >= 15 is 0 Å². The molecule has 9 heteroatoms. The topological polar surface area (TPSA) is 146 Å². The summed E-state index contributed by atoms with van der Waals surface area (Å²) >= 11 is 0. The van der Waals surface area contributed by atoms with Crippen LogP contribution in [0.5, 0.6) is 17.2 Å². The number of aliphatic carboxylic acids is 1. The van der Waals surface area contributed by atoms with E-state index in [9.17, 15) is 29.7 Å². The Morgan fingerprint density at radius 2 is 1.59 bits per heavy atom. The third-order valence-electron chi connectivity index (χ3n) is 5.07. The number of carboxylic acid groups (broad SMARTS) is 1. The second kappa shape index (κ2) is 9.37. The Bertz CT molecular complexity index is 1410. The number of carboxylic acids is 1. The summed E-state index contributed by atoms with van der Waals surface area (Å²) in [4.78, 5) is 36.5. The van der Waals surface area contributed by atoms with Gasteiger partial charge in [0.2, 0.25) is 5.75 Å². The third kappa shape index (κ3) is 4.68. The number of benzene rings is 3. The molecule has 0 fully saturated rings. The molecule has 1 amide bonds. The van der Waals surface area contributed by atoms with Crippen LogP contribution in [0.15, 0.2) is 82.0 Å². The molecule has 34 heavy (non-hydrogen) atoms. The first-order valence-corrected chi connectivity index (χ1v) is 10.2. The van der Waals surface area contributed by atoms with Crippen LogP contribution in [-0.4, -0.2) is 33.4 Å². The first kappa shape index (κ1) is 22.4. The third-order valence-corrected chi connectivity index (χ3v) is 5.07. The van der Waals surface area contributed by atoms with Crippen molar-refractivity contribution in [3.05, 3.63) is 88.6 Å². The number of amides is 1. The molecule has 9 nitrogen and oxygen atoms in total. The highest BCUT2D eigenvalue weighted by Gasteiger charge is 2.24. The van der Waals surface area contributed by atoms with Crippen molar-refractivity contribution < 1.29 is 34.1 Å². The van der Waals surface area contributed by atoms with Gasteiger partial charge in [0.1, 0.15) is 22.8 Å². The molecule has 1 aromatic heterocycles. The molecule has 1 atom stereocenters. The van der Waals surface area contributed by atoms with Gasteiger partial charge >= 0.3 is 12.1 Å². The van der Waals surface area contributed by atoms with E-state index in [0.29, 0.717) is 11.1 Å². The van der Waals surface area contributed by atoms with Crippen molar-refractivity contribution in [2.24, 2.45) is 0 Å². The van der Waals surface area contributed by atoms with E-state index in [4.69, 9.17) is 9.15 Å². The van der Waals surface area contributed by atoms with Gasteiger partial charge in [0.25, 0.3) is 0 Å². The molecule has 1 heterocycles. The highest BCUT2D eigenvalue weighted by molar-refractivity contribution is 5.90. The summed E-state index contributed by atoms with van der Waals surface area (Å²) in [5.74, 6) is -3.29. The summed E-state index contributed by atoms with van der Waals surface area (Å²) < 4.78 is 10.8. The van der Waals surface area contributed by atoms with E-state index in [1.54, 1.807) is 60.7 Å². The number of carbonyl (C=O) groups is 2. The van der Waals surface area contributed by atoms with Gasteiger partial charge in [0.05, 0.1) is 0 Å². The quantitative estimate of drug-likeness (QED) is 0.318. The maximum Gasteiger partial charge on any atom is 0.413 e. The molecule has 0 unspecified atom stereocenters. The van der Waals surface area contributed by atoms with E-state index in [1.807, 2.05) is 0 Å². The molecule has 4 aromatic rings. The average Bonchev–Trinajstić information content (AvgIpc) is 2.82. The number of fused-ring (bicyclic) bond motifs is 1. The Labute approximate surface area is 192 Å². The Morgan fingerprint density at radius 1 is 0.941 bits per heavy atom. The maximum absolute atomic E-state index is 12.6. The van der Waals surface area contributed by atoms with Gasteiger partial charge in [-0.25, -0.2) is 9.59 Å². The zero-order valence-electron chi connectivity index (χ0n) is 17.6. The fourth-order valence-electron chi connectivity index (χ4n) is 3.41. The first-order chi connectivity index (χ1) is 16.3. The van der Waals surface area contributed by atoms with Crippen LogP contribution in [0.2, 0.25) is 0 Å². The number of carbonyl (C=O) groups excluding carboxylic acids is 1. The summed E-state index contributed by atoms with van der Waals surface area (Å²) in [6, 6.07) is 18.3. The maximum atomic E-state index is 12.6. The molecule has 0 radical (unpaired) electrons. The molecule has 4 N–H and O–H groups in total. The van der Waals surface area contributed by atoms with E-state index < -0.39 is 40.8 Å². The molecule has 0 bridgehead atoms. The van der Waals surface area contributed by atoms with Crippen molar-refractivity contribution in [2.45, 2.75) is 12.5 Å². The molecule has 3 aromatic carbocycles. The molecule has 172 valence electrons. The lowest BCUT2D eigenvalue weighted by Crippen LogP contribution is -2.43. The van der Waals surface area contributed by atoms with Crippen LogP contribution in [0.25, 0.3) is 22.3 Å². The summed E-state index contributed by atoms with van der Waals surface area (Å²) in [6.07, 6.45) is -1.19. The summed E-state index contributed by atoms with van der Waals surface area (Å²) in [5, 5.41) is 32.0. The summed E-state index contributed by atoms with van der Waals surface area (Å²) in [6.45, 7) is 0. The zero-order valence-corrected chi connectivity index (χ0v) is 17.6. The van der Waals surface area contributed by atoms with Crippen molar-refractivity contribution in [1.29, 1.82) is 0 Å². The van der Waals surface area contributed by atoms with Crippen LogP contribution >= 0.6 is 0 Å². The van der Waals surface area contributed by atoms with Gasteiger partial charge in [0, 0.05) is 24.1 Å². The predicted octanol–water partition coefficient (Wildman–Crippen LogP) is 3.66. The zero-order chi connectivity index (χ0) is 24.2. The number of rotatable bonds is 6. The number of nitrogens with one attached hydrogen (secondary N) is 1. The smallest absolute Gasteiger partial charge is 0.413 e. The second-order valence-electron chi connectivity index (χ2n) is 7.40. The largest absolute Gasteiger partial charge is 0.504 e. The van der Waals surface area contributed by atoms with Crippen molar-refractivity contribution in [3.63, 3.8) is 0 Å². The Balaban J connectivity index is 1.63. The van der Waals surface area contributed by atoms with Crippen LogP contribution < -0.4 is 15.5 Å². The van der Waals surface area contributed by atoms with Crippen LogP contribution in [0.3, 0.4) is 0 Å². The highest BCUT2D eigenvalue weighted by Crippen LogP contribution is 2.41. The minimum atomic E-state index is -1.31. The van der Waals surface area contributed by atoms with Crippen LogP contribution in [0, 0.1) is 0 Å². The Kier molecular flexibility index (Phi) is 6.18. The van der Waals surface area contributed by atoms with Gasteiger partial charge in [-0.2, -0.15) is 0 Å². The monoisotopic (exact) mass is 461 g/mol. The van der Waals surface area contributed by atoms with Crippen LogP contribution in [0.4, 0.5) is 4.79 Å². The number of phenols is 2. The molecule has 4 rings (SSSR count). The second-order valence-corrected chi connectivity index (χ2v) is 7.40. The minimum absolute atomic E-state index is 0.00443. The predicted molar refractivity (Wildman–Crippen MR) is 122 cm³/mol. The van der Waals surface area contributed by atoms with E-state index in [0.717, 1.165) is 6.07 Å². The standard InChI is InChI=1S/C25H19NO8/c27-17-12-18(15-9-5-2-6-10-15)33-19-13-20(22(28)23(29)21(17)19)34-25(32)26-16(24(30)31)11-14-7-3-1-4-8-14/h1-10,12-13,16,28-29H,11H2,(H,26,32)(H,30,31)/t16-/m0/s1. The lowest BCUT2D eigenvalue weighted by molar-refractivity contribution is -0.139. The van der Waals surface area contributed by atoms with Gasteiger partial charge in [0.15, 0.2) is 16.9 Å². The van der Waals surface area contributed by atoms with Gasteiger partial charge in [-0.05, 0) is 5.56 Å². The number of hydrogen-bond acceptors (Lipinski definition) is 7. The molecule has 0 aliphatic heterocycles. The summed E-state index contributed by atoms with van der Waals surface area (Å²) in [7, 11) is 0. The van der Waals surface area contributed by atoms with Crippen molar-refractivity contribution >= 4 is 23.0 Å². The molecule has 0 spiro atoms. The van der Waals surface area contributed by atoms with Crippen molar-refractivity contribution in [1.82, 2.24) is 5.32 Å². The van der Waals surface area contributed by atoms with Crippen molar-refractivity contribution in [2.75, 3.05) is 0 Å². The molecular formula is C25H19NO8. The number of aromatic hydroxyl groups is 2. The molecule has 0 aliphatic rings. The number of ether oxygens (including phenoxy) is 1. The van der Waals surface area contributed by atoms with Crippen LogP contribution in [0.1, 0.15) is 5.56 Å². The lowest BCUT2D eigenvalue weighted by Gasteiger charge is -2.15. The lowest BCUT2D eigenvalue weighted by atomic mass is 10.1. The fourth-order valence-corrected chi connectivity index (χ4v) is 3.41. The fraction of sp³-hybridized carbons (Fsp3) is 0.0800. The molecule has 0 saturated heterocycles. The van der Waals surface area contributed by atoms with E-state index in [1.165, 1.54) is 6.07 Å². The number of hydrogen-bond donors (Lipinski definition) is 4. The normalized spacial score (nSPS) is 11.6. The Morgan fingerprint density at radius 3 is 2.24 bits per heavy atom. The van der Waals surface area contributed by atoms with Crippen LogP contribution in [-0.2, 0) is 11.2 Å². The van der Waals surface area contributed by atoms with Gasteiger partial charge in [-0.3, -0.25) is 4.79 Å². The highest BCUT2D eigenvalue weighted by atomic mass is 16.6. The van der Waals surface area contributed by atoms with Gasteiger partial charge in [-0.15, -0.1) is 0 Å². The average molecular weight is 461 g/mol. The molecular weight excluding hydrogens is 442 g/mol. The first-order valence-electron chi connectivity index (χ1n) is 10.2. The van der Waals surface area contributed by atoms with E-state index in [2.05, 4.69) is 5.32 Å². The molecule has 0 saturated carbocycles. The Hall–Kier alpha value is -4.79. The SMILES string of the molecule is O=C(N[C@@H](Cc1ccccc1)C(=O)O)Oc1cc2oc(-c3ccccc3)cc(=O)c2c(O)c1O. The minimum Gasteiger partial charge on any atom is -0.504 e.